The van der Waals surface area contributed by atoms with Crippen LogP contribution in [0.4, 0.5) is 5.69 Å². The van der Waals surface area contributed by atoms with E-state index in [-0.39, 0.29) is 5.41 Å². The fourth-order valence-corrected chi connectivity index (χ4v) is 3.54. The first-order valence-corrected chi connectivity index (χ1v) is 9.51. The molecule has 0 amide bonds. The lowest BCUT2D eigenvalue weighted by atomic mass is 9.93. The van der Waals surface area contributed by atoms with Crippen LogP contribution in [0.2, 0.25) is 4.34 Å². The number of aromatic nitrogens is 1. The Balaban J connectivity index is 2.27. The first kappa shape index (κ1) is 19.7. The maximum atomic E-state index is 6.33. The fraction of sp³-hybridized carbons (Fsp3) is 0.474. The van der Waals surface area contributed by atoms with Gasteiger partial charge in [-0.05, 0) is 44.0 Å². The van der Waals surface area contributed by atoms with Gasteiger partial charge in [-0.15, -0.1) is 0 Å². The van der Waals surface area contributed by atoms with Gasteiger partial charge >= 0.3 is 0 Å². The summed E-state index contributed by atoms with van der Waals surface area (Å²) < 4.78 is 6.69. The van der Waals surface area contributed by atoms with Crippen molar-refractivity contribution in [2.45, 2.75) is 47.0 Å². The summed E-state index contributed by atoms with van der Waals surface area (Å²) in [6.45, 7) is 13.3. The zero-order valence-electron chi connectivity index (χ0n) is 16.0. The number of thiazole rings is 1. The number of nitrogens with zero attached hydrogens (tertiary/aromatic N) is 3. The highest BCUT2D eigenvalue weighted by Gasteiger charge is 2.23. The van der Waals surface area contributed by atoms with Crippen LogP contribution in [0.3, 0.4) is 0 Å². The number of hydrogen-bond donors (Lipinski definition) is 0. The average molecular weight is 380 g/mol. The number of hydrogen-bond acceptors (Lipinski definition) is 4. The Morgan fingerprint density at radius 1 is 1.28 bits per heavy atom. The van der Waals surface area contributed by atoms with E-state index >= 15 is 0 Å². The number of ether oxygens (including phenoxy) is 1. The molecule has 0 aliphatic heterocycles. The van der Waals surface area contributed by atoms with Gasteiger partial charge in [0.05, 0.1) is 17.7 Å². The molecule has 136 valence electrons. The lowest BCUT2D eigenvalue weighted by Crippen LogP contribution is -2.14. The second kappa shape index (κ2) is 7.75. The molecule has 1 heterocycles. The molecular weight excluding hydrogens is 354 g/mol. The monoisotopic (exact) mass is 379 g/mol. The molecule has 2 aromatic rings. The summed E-state index contributed by atoms with van der Waals surface area (Å²) >= 11 is 7.70. The van der Waals surface area contributed by atoms with Gasteiger partial charge in [0.2, 0.25) is 0 Å². The lowest BCUT2D eigenvalue weighted by Gasteiger charge is -2.15. The van der Waals surface area contributed by atoms with Gasteiger partial charge in [0.15, 0.2) is 0 Å². The van der Waals surface area contributed by atoms with Crippen LogP contribution in [0.25, 0.3) is 0 Å². The van der Waals surface area contributed by atoms with Gasteiger partial charge in [-0.2, -0.15) is 0 Å². The van der Waals surface area contributed by atoms with Crippen molar-refractivity contribution in [3.63, 3.8) is 0 Å². The molecule has 2 rings (SSSR count). The predicted octanol–water partition coefficient (Wildman–Crippen LogP) is 6.11. The Bertz CT molecular complexity index is 778. The van der Waals surface area contributed by atoms with Crippen LogP contribution in [0.15, 0.2) is 17.1 Å². The largest absolute Gasteiger partial charge is 0.431 e. The van der Waals surface area contributed by atoms with E-state index in [0.29, 0.717) is 9.53 Å². The molecule has 1 aromatic carbocycles. The van der Waals surface area contributed by atoms with Crippen LogP contribution in [0, 0.1) is 13.8 Å². The van der Waals surface area contributed by atoms with Crippen LogP contribution >= 0.6 is 22.9 Å². The van der Waals surface area contributed by atoms with Crippen LogP contribution in [-0.2, 0) is 5.41 Å². The van der Waals surface area contributed by atoms with Crippen molar-refractivity contribution in [1.29, 1.82) is 0 Å². The molecule has 0 fully saturated rings. The highest BCUT2D eigenvalue weighted by molar-refractivity contribution is 7.17. The van der Waals surface area contributed by atoms with Crippen molar-refractivity contribution in [2.24, 2.45) is 4.99 Å². The van der Waals surface area contributed by atoms with Crippen LogP contribution < -0.4 is 4.74 Å². The molecule has 0 aliphatic rings. The maximum Gasteiger partial charge on any atom is 0.280 e. The van der Waals surface area contributed by atoms with Crippen LogP contribution in [0.1, 0.15) is 44.5 Å². The summed E-state index contributed by atoms with van der Waals surface area (Å²) in [4.78, 5) is 11.1. The normalized spacial score (nSPS) is 12.0. The first-order valence-electron chi connectivity index (χ1n) is 8.32. The van der Waals surface area contributed by atoms with Crippen molar-refractivity contribution in [3.05, 3.63) is 33.3 Å². The third-order valence-corrected chi connectivity index (χ3v) is 4.99. The molecule has 0 bridgehead atoms. The molecule has 0 N–H and O–H groups in total. The van der Waals surface area contributed by atoms with Gasteiger partial charge < -0.3 is 9.64 Å². The number of rotatable bonds is 5. The SMILES string of the molecule is CCN(C)/C=N/c1cc(C)c(Oc2nc(C(C)(C)C)c(Cl)s2)cc1C. The van der Waals surface area contributed by atoms with Crippen LogP contribution in [0.5, 0.6) is 10.9 Å². The zero-order chi connectivity index (χ0) is 18.8. The van der Waals surface area contributed by atoms with E-state index in [9.17, 15) is 0 Å². The molecule has 6 heteroatoms. The molecular formula is C19H26ClN3OS. The van der Waals surface area contributed by atoms with Gasteiger partial charge in [-0.3, -0.25) is 0 Å². The molecule has 0 unspecified atom stereocenters. The Morgan fingerprint density at radius 2 is 1.96 bits per heavy atom. The third-order valence-electron chi connectivity index (χ3n) is 3.86. The smallest absolute Gasteiger partial charge is 0.280 e. The molecule has 0 spiro atoms. The van der Waals surface area contributed by atoms with Crippen molar-refractivity contribution in [2.75, 3.05) is 13.6 Å². The minimum Gasteiger partial charge on any atom is -0.431 e. The van der Waals surface area contributed by atoms with E-state index in [1.165, 1.54) is 11.3 Å². The third kappa shape index (κ3) is 4.95. The van der Waals surface area contributed by atoms with Crippen molar-refractivity contribution in [3.8, 4) is 10.9 Å². The number of benzene rings is 1. The average Bonchev–Trinajstić information content (AvgIpc) is 2.89. The number of halogens is 1. The van der Waals surface area contributed by atoms with Gasteiger partial charge in [0.25, 0.3) is 5.19 Å². The predicted molar refractivity (Wildman–Crippen MR) is 108 cm³/mol. The molecule has 0 radical (unpaired) electrons. The quantitative estimate of drug-likeness (QED) is 0.464. The Morgan fingerprint density at radius 3 is 2.52 bits per heavy atom. The second-order valence-corrected chi connectivity index (χ2v) is 8.74. The second-order valence-electron chi connectivity index (χ2n) is 7.18. The minimum atomic E-state index is -0.107. The van der Waals surface area contributed by atoms with E-state index in [1.54, 1.807) is 0 Å². The Kier molecular flexibility index (Phi) is 6.12. The Labute approximate surface area is 159 Å². The molecule has 1 aromatic heterocycles. The molecule has 4 nitrogen and oxygen atoms in total. The number of aryl methyl sites for hydroxylation is 2. The van der Waals surface area contributed by atoms with Crippen molar-refractivity contribution >= 4 is 35.0 Å². The molecule has 0 aliphatic carbocycles. The van der Waals surface area contributed by atoms with Gasteiger partial charge in [0, 0.05) is 19.0 Å². The van der Waals surface area contributed by atoms with Crippen LogP contribution in [-0.4, -0.2) is 29.8 Å². The maximum absolute atomic E-state index is 6.33. The molecule has 0 saturated heterocycles. The standard InChI is InChI=1S/C19H26ClN3OS/c1-8-23(7)11-21-14-9-13(3)15(10-12(14)2)24-18-22-16(17(20)25-18)19(4,5)6/h9-11H,8H2,1-7H3/b21-11+. The molecule has 0 atom stereocenters. The van der Waals surface area contributed by atoms with E-state index < -0.39 is 0 Å². The first-order chi connectivity index (χ1) is 11.6. The van der Waals surface area contributed by atoms with E-state index in [0.717, 1.165) is 34.8 Å². The van der Waals surface area contributed by atoms with Crippen molar-refractivity contribution < 1.29 is 4.74 Å². The zero-order valence-corrected chi connectivity index (χ0v) is 17.5. The molecule has 25 heavy (non-hydrogen) atoms. The fourth-order valence-electron chi connectivity index (χ4n) is 2.15. The Hall–Kier alpha value is -1.59. The van der Waals surface area contributed by atoms with E-state index in [1.807, 2.05) is 44.3 Å². The van der Waals surface area contributed by atoms with E-state index in [4.69, 9.17) is 16.3 Å². The van der Waals surface area contributed by atoms with Gasteiger partial charge in [-0.1, -0.05) is 43.7 Å². The molecule has 0 saturated carbocycles. The summed E-state index contributed by atoms with van der Waals surface area (Å²) in [6.07, 6.45) is 1.85. The topological polar surface area (TPSA) is 37.7 Å². The van der Waals surface area contributed by atoms with E-state index in [2.05, 4.69) is 37.7 Å². The van der Waals surface area contributed by atoms with Crippen molar-refractivity contribution in [1.82, 2.24) is 9.88 Å². The summed E-state index contributed by atoms with van der Waals surface area (Å²) in [7, 11) is 2.00. The number of aliphatic imine (C=N–C) groups is 1. The minimum absolute atomic E-state index is 0.107. The highest BCUT2D eigenvalue weighted by atomic mass is 35.5. The highest BCUT2D eigenvalue weighted by Crippen LogP contribution is 2.39. The van der Waals surface area contributed by atoms with Gasteiger partial charge in [-0.25, -0.2) is 9.98 Å². The summed E-state index contributed by atoms with van der Waals surface area (Å²) in [5.74, 6) is 0.783. The summed E-state index contributed by atoms with van der Waals surface area (Å²) in [6, 6.07) is 4.03. The lowest BCUT2D eigenvalue weighted by molar-refractivity contribution is 0.466. The summed E-state index contributed by atoms with van der Waals surface area (Å²) in [5.41, 5.74) is 3.77. The summed E-state index contributed by atoms with van der Waals surface area (Å²) in [5, 5.41) is 0.569. The van der Waals surface area contributed by atoms with Gasteiger partial charge in [0.1, 0.15) is 10.1 Å².